The predicted octanol–water partition coefficient (Wildman–Crippen LogP) is -4.88. The maximum absolute atomic E-state index is 9.33. The zero-order chi connectivity index (χ0) is 4.99. The van der Waals surface area contributed by atoms with Gasteiger partial charge in [0.2, 0.25) is 0 Å². The minimum atomic E-state index is -1.21. The maximum atomic E-state index is 9.33. The van der Waals surface area contributed by atoms with E-state index in [-0.39, 0.29) is 42.6 Å². The molecule has 0 fully saturated rings. The largest absolute Gasteiger partial charge is 1.00 e. The quantitative estimate of drug-likeness (QED) is 0.364. The van der Waals surface area contributed by atoms with Crippen LogP contribution < -0.4 is 34.7 Å². The van der Waals surface area contributed by atoms with Crippen molar-refractivity contribution in [3.63, 3.8) is 0 Å². The van der Waals surface area contributed by atoms with E-state index in [2.05, 4.69) is 0 Å². The first-order valence-electron chi connectivity index (χ1n) is 1.58. The van der Waals surface area contributed by atoms with Crippen molar-refractivity contribution in [2.24, 2.45) is 0 Å². The molecule has 0 saturated heterocycles. The van der Waals surface area contributed by atoms with Crippen LogP contribution in [0.15, 0.2) is 0 Å². The molecule has 0 spiro atoms. The SMILES string of the molecule is O=C([O-])CCO.[Na+]. The molecule has 0 amide bonds. The molecule has 0 rings (SSSR count). The minimum Gasteiger partial charge on any atom is -0.550 e. The Morgan fingerprint density at radius 2 is 2.14 bits per heavy atom. The Morgan fingerprint density at radius 1 is 1.71 bits per heavy atom. The number of aliphatic carboxylic acids is 1. The van der Waals surface area contributed by atoms with Crippen LogP contribution in [0.5, 0.6) is 0 Å². The fourth-order valence-electron chi connectivity index (χ4n) is 0.0913. The van der Waals surface area contributed by atoms with E-state index < -0.39 is 5.97 Å². The third-order valence-corrected chi connectivity index (χ3v) is 0.316. The summed E-state index contributed by atoms with van der Waals surface area (Å²) in [5, 5.41) is 17.1. The molecule has 0 aliphatic carbocycles. The minimum absolute atomic E-state index is 0. The number of hydrogen-bond donors (Lipinski definition) is 1. The van der Waals surface area contributed by atoms with Crippen molar-refractivity contribution in [1.29, 1.82) is 0 Å². The van der Waals surface area contributed by atoms with Crippen LogP contribution in [0.1, 0.15) is 6.42 Å². The van der Waals surface area contributed by atoms with Crippen LogP contribution >= 0.6 is 0 Å². The fraction of sp³-hybridized carbons (Fsp3) is 0.667. The molecule has 0 aliphatic rings. The molecule has 1 N–H and O–H groups in total. The predicted molar refractivity (Wildman–Crippen MR) is 16.7 cm³/mol. The Labute approximate surface area is 63.6 Å². The average molecular weight is 112 g/mol. The number of rotatable bonds is 2. The van der Waals surface area contributed by atoms with Crippen LogP contribution in [-0.2, 0) is 4.79 Å². The molecule has 36 valence electrons. The van der Waals surface area contributed by atoms with E-state index in [9.17, 15) is 9.90 Å². The van der Waals surface area contributed by atoms with Crippen LogP contribution in [-0.4, -0.2) is 17.7 Å². The van der Waals surface area contributed by atoms with Crippen molar-refractivity contribution >= 4 is 5.97 Å². The third-order valence-electron chi connectivity index (χ3n) is 0.316. The molecule has 3 nitrogen and oxygen atoms in total. The number of carboxylic acid groups (broad SMARTS) is 1. The summed E-state index contributed by atoms with van der Waals surface area (Å²) in [6.07, 6.45) is -0.264. The van der Waals surface area contributed by atoms with Gasteiger partial charge >= 0.3 is 29.6 Å². The Balaban J connectivity index is 0. The number of carbonyl (C=O) groups excluding carboxylic acids is 1. The average Bonchev–Trinajstić information content (AvgIpc) is 1.35. The van der Waals surface area contributed by atoms with Crippen molar-refractivity contribution in [2.45, 2.75) is 6.42 Å². The Kier molecular flexibility index (Phi) is 9.57. The zero-order valence-electron chi connectivity index (χ0n) is 4.18. The van der Waals surface area contributed by atoms with E-state index in [0.29, 0.717) is 0 Å². The number of hydrogen-bond acceptors (Lipinski definition) is 3. The van der Waals surface area contributed by atoms with E-state index in [1.807, 2.05) is 0 Å². The maximum Gasteiger partial charge on any atom is 1.00 e. The summed E-state index contributed by atoms with van der Waals surface area (Å²) in [5.74, 6) is -1.21. The van der Waals surface area contributed by atoms with Gasteiger partial charge in [-0.3, -0.25) is 0 Å². The molecule has 0 saturated carbocycles. The first kappa shape index (κ1) is 10.4. The van der Waals surface area contributed by atoms with Gasteiger partial charge in [-0.1, -0.05) is 0 Å². The van der Waals surface area contributed by atoms with E-state index in [0.717, 1.165) is 0 Å². The summed E-state index contributed by atoms with van der Waals surface area (Å²) in [5.41, 5.74) is 0. The van der Waals surface area contributed by atoms with Gasteiger partial charge in [-0.05, 0) is 0 Å². The Bertz CT molecular complexity index is 54.1. The topological polar surface area (TPSA) is 60.4 Å². The van der Waals surface area contributed by atoms with Gasteiger partial charge in [0.1, 0.15) is 0 Å². The van der Waals surface area contributed by atoms with Gasteiger partial charge in [-0.25, -0.2) is 0 Å². The monoisotopic (exact) mass is 112 g/mol. The van der Waals surface area contributed by atoms with Crippen molar-refractivity contribution in [1.82, 2.24) is 0 Å². The standard InChI is InChI=1S/C3H6O3.Na/c4-2-1-3(5)6;/h4H,1-2H2,(H,5,6);/q;+1/p-1. The van der Waals surface area contributed by atoms with Crippen molar-refractivity contribution in [3.05, 3.63) is 0 Å². The van der Waals surface area contributed by atoms with Crippen molar-refractivity contribution in [2.75, 3.05) is 6.61 Å². The second-order valence-electron chi connectivity index (χ2n) is 0.846. The van der Waals surface area contributed by atoms with Gasteiger partial charge in [-0.2, -0.15) is 0 Å². The molecule has 0 bridgehead atoms. The molecular weight excluding hydrogens is 107 g/mol. The Hall–Kier alpha value is 0.430. The fourth-order valence-corrected chi connectivity index (χ4v) is 0.0913. The molecule has 0 aliphatic heterocycles. The van der Waals surface area contributed by atoms with Crippen LogP contribution in [0.2, 0.25) is 0 Å². The number of carbonyl (C=O) groups is 1. The van der Waals surface area contributed by atoms with Crippen LogP contribution in [0.4, 0.5) is 0 Å². The smallest absolute Gasteiger partial charge is 0.550 e. The second-order valence-corrected chi connectivity index (χ2v) is 0.846. The molecule has 0 aromatic heterocycles. The number of aliphatic hydroxyl groups is 1. The van der Waals surface area contributed by atoms with Gasteiger partial charge in [0.05, 0.1) is 0 Å². The normalized spacial score (nSPS) is 7.00. The molecule has 0 radical (unpaired) electrons. The van der Waals surface area contributed by atoms with Crippen LogP contribution in [0.25, 0.3) is 0 Å². The second kappa shape index (κ2) is 6.43. The summed E-state index contributed by atoms with van der Waals surface area (Å²) < 4.78 is 0. The first-order chi connectivity index (χ1) is 2.77. The van der Waals surface area contributed by atoms with Crippen molar-refractivity contribution < 1.29 is 44.6 Å². The zero-order valence-corrected chi connectivity index (χ0v) is 6.18. The summed E-state index contributed by atoms with van der Waals surface area (Å²) >= 11 is 0. The molecule has 4 heteroatoms. The van der Waals surface area contributed by atoms with Crippen LogP contribution in [0, 0.1) is 0 Å². The summed E-state index contributed by atoms with van der Waals surface area (Å²) in [6.45, 7) is -0.331. The molecule has 0 atom stereocenters. The Morgan fingerprint density at radius 3 is 2.14 bits per heavy atom. The molecule has 0 unspecified atom stereocenters. The molecule has 0 heterocycles. The number of aliphatic hydroxyl groups excluding tert-OH is 1. The van der Waals surface area contributed by atoms with Gasteiger partial charge in [0.15, 0.2) is 0 Å². The summed E-state index contributed by atoms with van der Waals surface area (Å²) in [4.78, 5) is 9.33. The molecular formula is C3H5NaO3. The van der Waals surface area contributed by atoms with E-state index in [1.165, 1.54) is 0 Å². The molecule has 0 aromatic carbocycles. The van der Waals surface area contributed by atoms with Crippen molar-refractivity contribution in [3.8, 4) is 0 Å². The van der Waals surface area contributed by atoms with E-state index in [4.69, 9.17) is 5.11 Å². The van der Waals surface area contributed by atoms with E-state index in [1.54, 1.807) is 0 Å². The van der Waals surface area contributed by atoms with Gasteiger partial charge < -0.3 is 15.0 Å². The number of carboxylic acids is 1. The molecule has 0 aromatic rings. The van der Waals surface area contributed by atoms with Crippen LogP contribution in [0.3, 0.4) is 0 Å². The van der Waals surface area contributed by atoms with Gasteiger partial charge in [0, 0.05) is 19.0 Å². The summed E-state index contributed by atoms with van der Waals surface area (Å²) in [6, 6.07) is 0. The third kappa shape index (κ3) is 10.7. The molecule has 7 heavy (non-hydrogen) atoms. The van der Waals surface area contributed by atoms with Gasteiger partial charge in [0.25, 0.3) is 0 Å². The van der Waals surface area contributed by atoms with E-state index >= 15 is 0 Å². The summed E-state index contributed by atoms with van der Waals surface area (Å²) in [7, 11) is 0. The first-order valence-corrected chi connectivity index (χ1v) is 1.58. The van der Waals surface area contributed by atoms with Gasteiger partial charge in [-0.15, -0.1) is 0 Å².